The summed E-state index contributed by atoms with van der Waals surface area (Å²) in [6, 6.07) is 5.69. The van der Waals surface area contributed by atoms with E-state index in [9.17, 15) is 9.18 Å². The van der Waals surface area contributed by atoms with Crippen LogP contribution in [0.2, 0.25) is 0 Å². The first kappa shape index (κ1) is 18.2. The van der Waals surface area contributed by atoms with Crippen LogP contribution in [0.4, 0.5) is 4.39 Å². The number of aliphatic imine (C=N–C) groups is 1. The van der Waals surface area contributed by atoms with Crippen LogP contribution in [0.1, 0.15) is 10.4 Å². The topological polar surface area (TPSA) is 122 Å². The van der Waals surface area contributed by atoms with E-state index in [1.807, 2.05) is 29.3 Å². The van der Waals surface area contributed by atoms with Crippen LogP contribution in [0, 0.1) is 22.0 Å². The number of nitrogens with zero attached hydrogens (tertiary/aromatic N) is 2. The second-order valence-corrected chi connectivity index (χ2v) is 5.81. The van der Waals surface area contributed by atoms with Crippen molar-refractivity contribution in [2.45, 2.75) is 0 Å². The van der Waals surface area contributed by atoms with Crippen LogP contribution in [0.5, 0.6) is 0 Å². The summed E-state index contributed by atoms with van der Waals surface area (Å²) in [6.45, 7) is 1.11. The van der Waals surface area contributed by atoms with Crippen molar-refractivity contribution >= 4 is 11.6 Å². The lowest BCUT2D eigenvalue weighted by Crippen LogP contribution is -2.58. The van der Waals surface area contributed by atoms with Crippen LogP contribution in [-0.2, 0) is 0 Å². The first-order chi connectivity index (χ1) is 11.2. The molecule has 2 heterocycles. The third-order valence-electron chi connectivity index (χ3n) is 3.31. The van der Waals surface area contributed by atoms with E-state index in [2.05, 4.69) is 4.99 Å². The second-order valence-electron chi connectivity index (χ2n) is 5.02. The predicted molar refractivity (Wildman–Crippen MR) is 73.7 cm³/mol. The molecule has 1 unspecified atom stereocenters. The van der Waals surface area contributed by atoms with Crippen molar-refractivity contribution in [1.82, 2.24) is 4.90 Å². The minimum absolute atomic E-state index is 0.0192. The summed E-state index contributed by atoms with van der Waals surface area (Å²) in [5.41, 5.74) is 0.543. The maximum absolute atomic E-state index is 12.9. The minimum Gasteiger partial charge on any atom is -0.333 e. The summed E-state index contributed by atoms with van der Waals surface area (Å²) in [7, 11) is -4.69. The van der Waals surface area contributed by atoms with Gasteiger partial charge in [-0.1, -0.05) is 6.08 Å². The summed E-state index contributed by atoms with van der Waals surface area (Å²) in [5.74, 6) is 0.409. The molecular formula is C15H14ClFN2O5. The zero-order valence-corrected chi connectivity index (χ0v) is 13.1. The maximum atomic E-state index is 12.9. The summed E-state index contributed by atoms with van der Waals surface area (Å²) < 4.78 is 45.6. The highest BCUT2D eigenvalue weighted by atomic mass is 35.7. The molecule has 0 saturated heterocycles. The highest BCUT2D eigenvalue weighted by Crippen LogP contribution is 2.18. The average Bonchev–Trinajstić information content (AvgIpc) is 2.53. The van der Waals surface area contributed by atoms with E-state index in [4.69, 9.17) is 18.6 Å². The normalized spacial score (nSPS) is 19.1. The van der Waals surface area contributed by atoms with Crippen LogP contribution >= 0.6 is 0 Å². The molecule has 1 aromatic carbocycles. The van der Waals surface area contributed by atoms with Crippen molar-refractivity contribution < 1.29 is 38.1 Å². The van der Waals surface area contributed by atoms with E-state index >= 15 is 0 Å². The number of allylic oxidation sites excluding steroid dienone is 2. The molecule has 7 nitrogen and oxygen atoms in total. The Morgan fingerprint density at radius 3 is 2.50 bits per heavy atom. The van der Waals surface area contributed by atoms with Gasteiger partial charge in [0.25, 0.3) is 0 Å². The van der Waals surface area contributed by atoms with Crippen molar-refractivity contribution in [2.75, 3.05) is 13.1 Å². The molecule has 0 aliphatic carbocycles. The first-order valence-electron chi connectivity index (χ1n) is 6.83. The fraction of sp³-hybridized carbons (Fsp3) is 0.200. The monoisotopic (exact) mass is 356 g/mol. The van der Waals surface area contributed by atoms with E-state index in [0.717, 1.165) is 5.84 Å². The number of hydrogen-bond acceptors (Lipinski definition) is 7. The molecule has 0 radical (unpaired) electrons. The number of ketones is 1. The van der Waals surface area contributed by atoms with E-state index < -0.39 is 10.2 Å². The Balaban J connectivity index is 0.000000368. The van der Waals surface area contributed by atoms with Gasteiger partial charge in [-0.15, -0.1) is 0 Å². The fourth-order valence-electron chi connectivity index (χ4n) is 2.28. The Kier molecular flexibility index (Phi) is 5.81. The molecule has 0 saturated carbocycles. The second kappa shape index (κ2) is 7.65. The molecule has 0 bridgehead atoms. The smallest absolute Gasteiger partial charge is 0.169 e. The Hall–Kier alpha value is -2.10. The van der Waals surface area contributed by atoms with Crippen molar-refractivity contribution in [3.8, 4) is 0 Å². The van der Waals surface area contributed by atoms with Gasteiger partial charge in [-0.05, 0) is 36.4 Å². The number of hydrogen-bond donors (Lipinski definition) is 1. The van der Waals surface area contributed by atoms with Gasteiger partial charge < -0.3 is 4.90 Å². The van der Waals surface area contributed by atoms with Crippen molar-refractivity contribution in [1.29, 1.82) is 0 Å². The molecular weight excluding hydrogens is 343 g/mol. The molecule has 1 N–H and O–H groups in total. The molecule has 2 aliphatic heterocycles. The summed E-state index contributed by atoms with van der Waals surface area (Å²) in [5, 5.41) is 0. The lowest BCUT2D eigenvalue weighted by atomic mass is 9.95. The van der Waals surface area contributed by atoms with Gasteiger partial charge in [0.2, 0.25) is 0 Å². The molecule has 0 amide bonds. The summed E-state index contributed by atoms with van der Waals surface area (Å²) in [4.78, 5) is 18.7. The minimum atomic E-state index is -4.69. The fourth-order valence-corrected chi connectivity index (χ4v) is 2.28. The van der Waals surface area contributed by atoms with Crippen LogP contribution in [-0.4, -0.2) is 34.3 Å². The Morgan fingerprint density at radius 1 is 1.25 bits per heavy atom. The van der Waals surface area contributed by atoms with Crippen molar-refractivity contribution in [3.05, 3.63) is 60.1 Å². The predicted octanol–water partition coefficient (Wildman–Crippen LogP) is -1.70. The highest BCUT2D eigenvalue weighted by molar-refractivity contribution is 6.01. The van der Waals surface area contributed by atoms with E-state index in [-0.39, 0.29) is 17.5 Å². The summed E-state index contributed by atoms with van der Waals surface area (Å²) in [6.07, 6.45) is 7.70. The number of amidine groups is 1. The quantitative estimate of drug-likeness (QED) is 0.630. The molecule has 2 aliphatic rings. The van der Waals surface area contributed by atoms with Crippen LogP contribution < -0.4 is 14.0 Å². The molecule has 1 aromatic rings. The lowest BCUT2D eigenvalue weighted by Gasteiger charge is -2.30. The average molecular weight is 357 g/mol. The molecule has 24 heavy (non-hydrogen) atoms. The van der Waals surface area contributed by atoms with Crippen LogP contribution in [0.25, 0.3) is 0 Å². The molecule has 9 heteroatoms. The maximum Gasteiger partial charge on any atom is 0.169 e. The zero-order valence-electron chi connectivity index (χ0n) is 12.3. The number of fused-ring (bicyclic) bond motifs is 1. The number of halogens is 2. The SMILES string of the molecule is O=C(c1ccc(F)cc1)C1CN=C2C=CC=CN2C1.[O-][Cl+3]([O-])([O-])O. The van der Waals surface area contributed by atoms with Crippen LogP contribution in [0.3, 0.4) is 0 Å². The Labute approximate surface area is 139 Å². The van der Waals surface area contributed by atoms with Gasteiger partial charge in [0.05, 0.1) is 27.4 Å². The number of benzene rings is 1. The number of rotatable bonds is 2. The molecule has 1 atom stereocenters. The van der Waals surface area contributed by atoms with Gasteiger partial charge in [-0.2, -0.15) is 14.0 Å². The summed E-state index contributed by atoms with van der Waals surface area (Å²) >= 11 is 0. The van der Waals surface area contributed by atoms with Crippen LogP contribution in [0.15, 0.2) is 53.7 Å². The number of carbonyl (C=O) groups excluding carboxylic acids is 1. The van der Waals surface area contributed by atoms with Gasteiger partial charge in [-0.25, -0.2) is 4.39 Å². The molecule has 0 spiro atoms. The Bertz CT molecular complexity index is 676. The molecule has 0 aromatic heterocycles. The third-order valence-corrected chi connectivity index (χ3v) is 3.31. The lowest BCUT2D eigenvalue weighted by molar-refractivity contribution is -1.92. The number of Topliss-reactive ketones (excluding diaryl/α,β-unsaturated/α-hetero) is 1. The highest BCUT2D eigenvalue weighted by Gasteiger charge is 2.27. The van der Waals surface area contributed by atoms with E-state index in [1.165, 1.54) is 24.3 Å². The van der Waals surface area contributed by atoms with Gasteiger partial charge in [0, 0.05) is 18.3 Å². The van der Waals surface area contributed by atoms with Gasteiger partial charge >= 0.3 is 0 Å². The van der Waals surface area contributed by atoms with E-state index in [1.54, 1.807) is 0 Å². The zero-order chi connectivity index (χ0) is 17.7. The molecule has 128 valence electrons. The standard InChI is InChI=1S/C15H13FN2O.ClHO4/c16-13-6-4-11(5-7-13)15(19)12-9-17-14-3-1-2-8-18(14)10-12;2-1(3,4)5/h1-8,12H,9-10H2;(H,2,3,4,5). The van der Waals surface area contributed by atoms with Gasteiger partial charge in [0.15, 0.2) is 5.78 Å². The first-order valence-corrected chi connectivity index (χ1v) is 8.09. The number of carbonyl (C=O) groups is 1. The van der Waals surface area contributed by atoms with Gasteiger partial charge in [-0.3, -0.25) is 9.79 Å². The molecule has 3 rings (SSSR count). The van der Waals surface area contributed by atoms with Gasteiger partial charge in [0.1, 0.15) is 11.7 Å². The molecule has 0 fully saturated rings. The third kappa shape index (κ3) is 5.52. The Morgan fingerprint density at radius 2 is 1.88 bits per heavy atom. The van der Waals surface area contributed by atoms with Crippen molar-refractivity contribution in [2.24, 2.45) is 10.9 Å². The largest absolute Gasteiger partial charge is 0.333 e. The van der Waals surface area contributed by atoms with E-state index in [0.29, 0.717) is 18.7 Å². The van der Waals surface area contributed by atoms with Crippen molar-refractivity contribution in [3.63, 3.8) is 0 Å².